The van der Waals surface area contributed by atoms with E-state index < -0.39 is 0 Å². The summed E-state index contributed by atoms with van der Waals surface area (Å²) in [5, 5.41) is 3.43. The van der Waals surface area contributed by atoms with E-state index in [1.54, 1.807) is 7.11 Å². The molecule has 0 amide bonds. The quantitative estimate of drug-likeness (QED) is 0.853. The van der Waals surface area contributed by atoms with E-state index in [0.717, 1.165) is 23.2 Å². The molecular weight excluding hydrogens is 277 g/mol. The molecular formula is C11H15BrClNO. The van der Waals surface area contributed by atoms with Gasteiger partial charge < -0.3 is 10.1 Å². The van der Waals surface area contributed by atoms with Gasteiger partial charge in [-0.15, -0.1) is 12.4 Å². The van der Waals surface area contributed by atoms with Gasteiger partial charge in [0.05, 0.1) is 11.6 Å². The number of hydrogen-bond donors (Lipinski definition) is 1. The monoisotopic (exact) mass is 291 g/mol. The summed E-state index contributed by atoms with van der Waals surface area (Å²) >= 11 is 3.50. The molecule has 2 rings (SSSR count). The van der Waals surface area contributed by atoms with Gasteiger partial charge in [-0.3, -0.25) is 0 Å². The number of aryl methyl sites for hydroxylation is 1. The average molecular weight is 293 g/mol. The third-order valence-electron chi connectivity index (χ3n) is 2.57. The number of methoxy groups -OCH3 is 1. The molecule has 0 radical (unpaired) electrons. The lowest BCUT2D eigenvalue weighted by Gasteiger charge is -2.11. The number of halogens is 2. The minimum atomic E-state index is 0. The lowest BCUT2D eigenvalue weighted by atomic mass is 10.1. The molecule has 1 heterocycles. The van der Waals surface area contributed by atoms with Gasteiger partial charge in [-0.25, -0.2) is 0 Å². The van der Waals surface area contributed by atoms with Crippen LogP contribution in [0.25, 0.3) is 0 Å². The number of hydrogen-bond acceptors (Lipinski definition) is 2. The Morgan fingerprint density at radius 1 is 1.33 bits per heavy atom. The maximum Gasteiger partial charge on any atom is 0.133 e. The van der Waals surface area contributed by atoms with Gasteiger partial charge in [0.25, 0.3) is 0 Å². The molecule has 1 aromatic rings. The zero-order chi connectivity index (χ0) is 9.97. The molecule has 0 saturated heterocycles. The molecule has 0 unspecified atom stereocenters. The van der Waals surface area contributed by atoms with Crippen molar-refractivity contribution in [2.24, 2.45) is 0 Å². The summed E-state index contributed by atoms with van der Waals surface area (Å²) in [6.45, 7) is 1.08. The first-order chi connectivity index (χ1) is 6.81. The number of nitrogens with one attached hydrogen (secondary N) is 1. The fourth-order valence-corrected chi connectivity index (χ4v) is 2.29. The molecule has 1 aromatic carbocycles. The SMILES string of the molecule is COc1cc2c(cc1Br)NCCCC2.Cl. The number of rotatable bonds is 1. The van der Waals surface area contributed by atoms with Crippen molar-refractivity contribution < 1.29 is 4.74 Å². The van der Waals surface area contributed by atoms with Crippen molar-refractivity contribution in [3.8, 4) is 5.75 Å². The Morgan fingerprint density at radius 2 is 2.13 bits per heavy atom. The molecule has 1 N–H and O–H groups in total. The fraction of sp³-hybridized carbons (Fsp3) is 0.455. The van der Waals surface area contributed by atoms with E-state index in [9.17, 15) is 0 Å². The van der Waals surface area contributed by atoms with Gasteiger partial charge in [0, 0.05) is 12.2 Å². The average Bonchev–Trinajstić information content (AvgIpc) is 2.41. The predicted molar refractivity (Wildman–Crippen MR) is 69.4 cm³/mol. The highest BCUT2D eigenvalue weighted by Gasteiger charge is 2.10. The lowest BCUT2D eigenvalue weighted by Crippen LogP contribution is -2.00. The zero-order valence-electron chi connectivity index (χ0n) is 8.68. The second-order valence-electron chi connectivity index (χ2n) is 3.53. The van der Waals surface area contributed by atoms with Crippen molar-refractivity contribution in [3.63, 3.8) is 0 Å². The Labute approximate surface area is 105 Å². The number of benzene rings is 1. The fourth-order valence-electron chi connectivity index (χ4n) is 1.79. The molecule has 0 aliphatic carbocycles. The topological polar surface area (TPSA) is 21.3 Å². The van der Waals surface area contributed by atoms with E-state index in [1.165, 1.54) is 24.1 Å². The second-order valence-corrected chi connectivity index (χ2v) is 4.38. The van der Waals surface area contributed by atoms with E-state index in [1.807, 2.05) is 0 Å². The van der Waals surface area contributed by atoms with Crippen molar-refractivity contribution in [3.05, 3.63) is 22.2 Å². The van der Waals surface area contributed by atoms with Crippen LogP contribution < -0.4 is 10.1 Å². The van der Waals surface area contributed by atoms with Gasteiger partial charge in [0.1, 0.15) is 5.75 Å². The van der Waals surface area contributed by atoms with Crippen molar-refractivity contribution in [2.45, 2.75) is 19.3 Å². The van der Waals surface area contributed by atoms with Crippen LogP contribution in [0.15, 0.2) is 16.6 Å². The van der Waals surface area contributed by atoms with Crippen LogP contribution in [0.5, 0.6) is 5.75 Å². The Bertz CT molecular complexity index is 344. The third kappa shape index (κ3) is 2.79. The summed E-state index contributed by atoms with van der Waals surface area (Å²) in [6.07, 6.45) is 3.64. The van der Waals surface area contributed by atoms with Crippen molar-refractivity contribution in [1.29, 1.82) is 0 Å². The highest BCUT2D eigenvalue weighted by molar-refractivity contribution is 9.10. The standard InChI is InChI=1S/C11H14BrNO.ClH/c1-14-11-6-8-4-2-3-5-13-10(8)7-9(11)12;/h6-7,13H,2-5H2,1H3;1H. The summed E-state index contributed by atoms with van der Waals surface area (Å²) in [4.78, 5) is 0. The minimum Gasteiger partial charge on any atom is -0.496 e. The lowest BCUT2D eigenvalue weighted by molar-refractivity contribution is 0.411. The zero-order valence-corrected chi connectivity index (χ0v) is 11.1. The molecule has 2 nitrogen and oxygen atoms in total. The molecule has 0 aromatic heterocycles. The van der Waals surface area contributed by atoms with Crippen LogP contribution in [0.2, 0.25) is 0 Å². The minimum absolute atomic E-state index is 0. The van der Waals surface area contributed by atoms with Gasteiger partial charge in [0.2, 0.25) is 0 Å². The largest absolute Gasteiger partial charge is 0.496 e. The van der Waals surface area contributed by atoms with Gasteiger partial charge >= 0.3 is 0 Å². The van der Waals surface area contributed by atoms with Crippen LogP contribution >= 0.6 is 28.3 Å². The second kappa shape index (κ2) is 5.61. The molecule has 0 atom stereocenters. The Balaban J connectivity index is 0.00000112. The van der Waals surface area contributed by atoms with Crippen molar-refractivity contribution in [2.75, 3.05) is 19.0 Å². The first-order valence-electron chi connectivity index (χ1n) is 4.91. The molecule has 0 bridgehead atoms. The van der Waals surface area contributed by atoms with Crippen LogP contribution in [0.3, 0.4) is 0 Å². The van der Waals surface area contributed by atoms with Gasteiger partial charge in [-0.1, -0.05) is 0 Å². The first kappa shape index (κ1) is 12.7. The van der Waals surface area contributed by atoms with E-state index in [0.29, 0.717) is 0 Å². The van der Waals surface area contributed by atoms with Crippen LogP contribution in [0.4, 0.5) is 5.69 Å². The summed E-state index contributed by atoms with van der Waals surface area (Å²) in [7, 11) is 1.70. The molecule has 0 spiro atoms. The normalized spacial score (nSPS) is 14.3. The summed E-state index contributed by atoms with van der Waals surface area (Å²) in [5.74, 6) is 0.924. The van der Waals surface area contributed by atoms with E-state index in [-0.39, 0.29) is 12.4 Å². The summed E-state index contributed by atoms with van der Waals surface area (Å²) in [6, 6.07) is 4.23. The van der Waals surface area contributed by atoms with Crippen LogP contribution in [0, 0.1) is 0 Å². The number of ether oxygens (including phenoxy) is 1. The Hall–Kier alpha value is -0.410. The third-order valence-corrected chi connectivity index (χ3v) is 3.19. The Kier molecular flexibility index (Phi) is 4.74. The number of fused-ring (bicyclic) bond motifs is 1. The van der Waals surface area contributed by atoms with E-state index in [2.05, 4.69) is 33.4 Å². The molecule has 1 aliphatic heterocycles. The summed E-state index contributed by atoms with van der Waals surface area (Å²) < 4.78 is 6.30. The van der Waals surface area contributed by atoms with Gasteiger partial charge in [0.15, 0.2) is 0 Å². The molecule has 0 saturated carbocycles. The predicted octanol–water partition coefficient (Wildman–Crippen LogP) is 3.63. The van der Waals surface area contributed by atoms with E-state index >= 15 is 0 Å². The van der Waals surface area contributed by atoms with E-state index in [4.69, 9.17) is 4.74 Å². The highest BCUT2D eigenvalue weighted by atomic mass is 79.9. The maximum absolute atomic E-state index is 5.28. The smallest absolute Gasteiger partial charge is 0.133 e. The summed E-state index contributed by atoms with van der Waals surface area (Å²) in [5.41, 5.74) is 2.61. The Morgan fingerprint density at radius 3 is 2.87 bits per heavy atom. The highest BCUT2D eigenvalue weighted by Crippen LogP contribution is 2.33. The van der Waals surface area contributed by atoms with Crippen molar-refractivity contribution in [1.82, 2.24) is 0 Å². The van der Waals surface area contributed by atoms with Crippen LogP contribution in [-0.2, 0) is 6.42 Å². The van der Waals surface area contributed by atoms with Crippen LogP contribution in [0.1, 0.15) is 18.4 Å². The molecule has 15 heavy (non-hydrogen) atoms. The number of anilines is 1. The van der Waals surface area contributed by atoms with Gasteiger partial charge in [-0.05, 0) is 52.9 Å². The molecule has 0 fully saturated rings. The van der Waals surface area contributed by atoms with Gasteiger partial charge in [-0.2, -0.15) is 0 Å². The molecule has 4 heteroatoms. The molecule has 84 valence electrons. The maximum atomic E-state index is 5.28. The molecule has 1 aliphatic rings. The van der Waals surface area contributed by atoms with Crippen LogP contribution in [-0.4, -0.2) is 13.7 Å². The first-order valence-corrected chi connectivity index (χ1v) is 5.71. The van der Waals surface area contributed by atoms with Crippen molar-refractivity contribution >= 4 is 34.0 Å².